The summed E-state index contributed by atoms with van der Waals surface area (Å²) in [6.07, 6.45) is -22.3. The predicted octanol–water partition coefficient (Wildman–Crippen LogP) is -6.94. The van der Waals surface area contributed by atoms with Gasteiger partial charge in [-0.15, -0.1) is 0 Å². The highest BCUT2D eigenvalue weighted by atomic mass is 16.7. The van der Waals surface area contributed by atoms with Crippen molar-refractivity contribution in [2.75, 3.05) is 26.6 Å². The summed E-state index contributed by atoms with van der Waals surface area (Å²) in [4.78, 5) is 0. The minimum Gasteiger partial charge on any atom is -0.394 e. The van der Waals surface area contributed by atoms with Crippen molar-refractivity contribution in [1.29, 1.82) is 0 Å². The van der Waals surface area contributed by atoms with E-state index in [-0.39, 0.29) is 0 Å². The molecule has 2 aliphatic heterocycles. The molecule has 0 aromatic heterocycles. The van der Waals surface area contributed by atoms with Crippen molar-refractivity contribution in [2.45, 2.75) is 92.8 Å². The van der Waals surface area contributed by atoms with Gasteiger partial charge in [-0.05, 0) is 6.92 Å². The number of hydrogen-bond acceptors (Lipinski definition) is 16. The smallest absolute Gasteiger partial charge is 0.186 e. The maximum absolute atomic E-state index is 10.2. The van der Waals surface area contributed by atoms with Crippen molar-refractivity contribution in [3.8, 4) is 0 Å². The summed E-state index contributed by atoms with van der Waals surface area (Å²) in [6.45, 7) is -1.55. The van der Waals surface area contributed by atoms with Gasteiger partial charge in [0.1, 0.15) is 73.9 Å². The summed E-state index contributed by atoms with van der Waals surface area (Å²) in [5, 5.41) is 108. The summed E-state index contributed by atoms with van der Waals surface area (Å²) < 4.78 is 26.1. The fourth-order valence-corrected chi connectivity index (χ4v) is 3.62. The van der Waals surface area contributed by atoms with E-state index >= 15 is 0 Å². The molecular formula is C19H36O16. The molecule has 16 heteroatoms. The molecule has 2 saturated heterocycles. The third kappa shape index (κ3) is 7.45. The quantitative estimate of drug-likeness (QED) is 0.107. The van der Waals surface area contributed by atoms with Crippen LogP contribution in [-0.4, -0.2) is 169 Å². The van der Waals surface area contributed by atoms with Crippen molar-refractivity contribution in [3.63, 3.8) is 0 Å². The lowest BCUT2D eigenvalue weighted by Crippen LogP contribution is -2.62. The Morgan fingerprint density at radius 3 is 1.71 bits per heavy atom. The molecular weight excluding hydrogens is 484 g/mol. The summed E-state index contributed by atoms with van der Waals surface area (Å²) in [5.41, 5.74) is 0. The lowest BCUT2D eigenvalue weighted by Gasteiger charge is -2.43. The molecule has 35 heavy (non-hydrogen) atoms. The van der Waals surface area contributed by atoms with Crippen molar-refractivity contribution < 1.29 is 79.9 Å². The highest BCUT2D eigenvalue weighted by Crippen LogP contribution is 2.26. The number of ether oxygens (including phenoxy) is 5. The van der Waals surface area contributed by atoms with Crippen LogP contribution in [0.1, 0.15) is 6.92 Å². The summed E-state index contributed by atoms with van der Waals surface area (Å²) in [7, 11) is 0. The molecule has 11 N–H and O–H groups in total. The highest BCUT2D eigenvalue weighted by molar-refractivity contribution is 4.92. The molecule has 2 aliphatic rings. The number of aliphatic hydroxyl groups is 11. The second-order valence-electron chi connectivity index (χ2n) is 8.43. The van der Waals surface area contributed by atoms with Crippen LogP contribution >= 0.6 is 0 Å². The second-order valence-corrected chi connectivity index (χ2v) is 8.43. The molecule has 0 spiro atoms. The molecule has 14 atom stereocenters. The number of aliphatic hydroxyl groups excluding tert-OH is 11. The maximum atomic E-state index is 10.2. The number of hydrogen-bond donors (Lipinski definition) is 11. The standard InChI is InChI=1S/C19H36O16/c1-6(22)10(23)12(25)8(33-5-21)3-31-19-17(30)15(28)13(26)9(35-19)4-32-18-16(29)14(27)11(24)7(2-20)34-18/h6-30H,2-5H2,1H3. The van der Waals surface area contributed by atoms with Gasteiger partial charge in [-0.3, -0.25) is 0 Å². The van der Waals surface area contributed by atoms with E-state index in [2.05, 4.69) is 0 Å². The molecule has 0 aromatic rings. The van der Waals surface area contributed by atoms with E-state index in [1.54, 1.807) is 0 Å². The van der Waals surface area contributed by atoms with E-state index in [9.17, 15) is 51.1 Å². The van der Waals surface area contributed by atoms with Crippen LogP contribution in [0.4, 0.5) is 0 Å². The Kier molecular flexibility index (Phi) is 12.0. The maximum Gasteiger partial charge on any atom is 0.186 e. The SMILES string of the molecule is CC(O)C(O)C(O)C(COC1OC(COC2OC(CO)C(O)C(O)C2O)C(O)C(O)C1O)OCO. The van der Waals surface area contributed by atoms with E-state index in [0.29, 0.717) is 0 Å². The lowest BCUT2D eigenvalue weighted by atomic mass is 9.98. The van der Waals surface area contributed by atoms with Crippen LogP contribution in [0.15, 0.2) is 0 Å². The van der Waals surface area contributed by atoms with Crippen molar-refractivity contribution in [2.24, 2.45) is 0 Å². The largest absolute Gasteiger partial charge is 0.394 e. The first-order chi connectivity index (χ1) is 16.4. The zero-order valence-electron chi connectivity index (χ0n) is 18.9. The van der Waals surface area contributed by atoms with Crippen LogP contribution in [0.5, 0.6) is 0 Å². The molecule has 0 radical (unpaired) electrons. The van der Waals surface area contributed by atoms with Gasteiger partial charge in [-0.2, -0.15) is 0 Å². The van der Waals surface area contributed by atoms with Gasteiger partial charge in [0.05, 0.1) is 25.9 Å². The fourth-order valence-electron chi connectivity index (χ4n) is 3.62. The van der Waals surface area contributed by atoms with Crippen molar-refractivity contribution in [3.05, 3.63) is 0 Å². The van der Waals surface area contributed by atoms with Gasteiger partial charge < -0.3 is 79.9 Å². The summed E-state index contributed by atoms with van der Waals surface area (Å²) >= 11 is 0. The Hall–Kier alpha value is -0.640. The fraction of sp³-hybridized carbons (Fsp3) is 1.00. The summed E-state index contributed by atoms with van der Waals surface area (Å²) in [6, 6.07) is 0. The predicted molar refractivity (Wildman–Crippen MR) is 108 cm³/mol. The Morgan fingerprint density at radius 2 is 1.20 bits per heavy atom. The van der Waals surface area contributed by atoms with Gasteiger partial charge in [-0.25, -0.2) is 0 Å². The molecule has 14 unspecified atom stereocenters. The third-order valence-corrected chi connectivity index (χ3v) is 5.88. The Balaban J connectivity index is 2.01. The molecule has 2 fully saturated rings. The zero-order valence-corrected chi connectivity index (χ0v) is 18.9. The van der Waals surface area contributed by atoms with Gasteiger partial charge in [-0.1, -0.05) is 0 Å². The van der Waals surface area contributed by atoms with Gasteiger partial charge in [0.15, 0.2) is 12.6 Å². The van der Waals surface area contributed by atoms with E-state index in [4.69, 9.17) is 28.8 Å². The van der Waals surface area contributed by atoms with Crippen LogP contribution in [-0.2, 0) is 23.7 Å². The molecule has 0 aliphatic carbocycles. The molecule has 208 valence electrons. The molecule has 0 bridgehead atoms. The van der Waals surface area contributed by atoms with Crippen LogP contribution in [0.25, 0.3) is 0 Å². The molecule has 0 saturated carbocycles. The normalized spacial score (nSPS) is 41.8. The minimum absolute atomic E-state index is 0.576. The molecule has 16 nitrogen and oxygen atoms in total. The first-order valence-corrected chi connectivity index (χ1v) is 10.9. The highest BCUT2D eigenvalue weighted by Gasteiger charge is 2.47. The monoisotopic (exact) mass is 520 g/mol. The van der Waals surface area contributed by atoms with Crippen molar-refractivity contribution >= 4 is 0 Å². The van der Waals surface area contributed by atoms with Crippen LogP contribution in [0.2, 0.25) is 0 Å². The minimum atomic E-state index is -1.80. The average molecular weight is 520 g/mol. The molecule has 0 aromatic carbocycles. The van der Waals surface area contributed by atoms with Crippen LogP contribution in [0.3, 0.4) is 0 Å². The van der Waals surface area contributed by atoms with E-state index in [0.717, 1.165) is 0 Å². The first kappa shape index (κ1) is 30.6. The average Bonchev–Trinajstić information content (AvgIpc) is 2.84. The lowest BCUT2D eigenvalue weighted by molar-refractivity contribution is -0.334. The van der Waals surface area contributed by atoms with E-state index < -0.39 is 112 Å². The Labute approximate surface area is 200 Å². The van der Waals surface area contributed by atoms with E-state index in [1.165, 1.54) is 6.92 Å². The van der Waals surface area contributed by atoms with Gasteiger partial charge >= 0.3 is 0 Å². The van der Waals surface area contributed by atoms with Gasteiger partial charge in [0.2, 0.25) is 0 Å². The molecule has 2 heterocycles. The Bertz CT molecular complexity index is 591. The van der Waals surface area contributed by atoms with Gasteiger partial charge in [0.25, 0.3) is 0 Å². The zero-order chi connectivity index (χ0) is 26.4. The third-order valence-electron chi connectivity index (χ3n) is 5.88. The van der Waals surface area contributed by atoms with Crippen LogP contribution < -0.4 is 0 Å². The first-order valence-electron chi connectivity index (χ1n) is 10.9. The molecule has 2 rings (SSSR count). The second kappa shape index (κ2) is 13.8. The topological polar surface area (TPSA) is 269 Å². The van der Waals surface area contributed by atoms with Crippen LogP contribution in [0, 0.1) is 0 Å². The van der Waals surface area contributed by atoms with Crippen molar-refractivity contribution in [1.82, 2.24) is 0 Å². The van der Waals surface area contributed by atoms with E-state index in [1.807, 2.05) is 0 Å². The number of rotatable bonds is 12. The summed E-state index contributed by atoms with van der Waals surface area (Å²) in [5.74, 6) is 0. The molecule has 0 amide bonds. The Morgan fingerprint density at radius 1 is 0.686 bits per heavy atom. The van der Waals surface area contributed by atoms with Gasteiger partial charge in [0, 0.05) is 0 Å².